The predicted octanol–water partition coefficient (Wildman–Crippen LogP) is 11.3. The SMILES string of the molecule is c1ccc2cc3c(cc2c1)c1c2ccccc2ccc1n3-c1ccc(-c2nc3c(ccc4oc5ccccc5c43)s2)cc1. The molecule has 43 heavy (non-hydrogen) atoms. The largest absolute Gasteiger partial charge is 0.456 e. The highest BCUT2D eigenvalue weighted by Crippen LogP contribution is 2.41. The Balaban J connectivity index is 1.18. The molecule has 0 aliphatic heterocycles. The number of hydrogen-bond donors (Lipinski definition) is 0. The van der Waals surface area contributed by atoms with Crippen LogP contribution in [0.25, 0.3) is 91.8 Å². The van der Waals surface area contributed by atoms with Crippen molar-refractivity contribution < 1.29 is 4.42 Å². The van der Waals surface area contributed by atoms with E-state index in [2.05, 4.69) is 126 Å². The van der Waals surface area contributed by atoms with Crippen LogP contribution in [0.2, 0.25) is 0 Å². The second-order valence-electron chi connectivity index (χ2n) is 11.2. The number of para-hydroxylation sites is 1. The lowest BCUT2D eigenvalue weighted by Gasteiger charge is -2.09. The van der Waals surface area contributed by atoms with Crippen molar-refractivity contribution in [2.45, 2.75) is 0 Å². The molecule has 0 aliphatic rings. The molecule has 200 valence electrons. The van der Waals surface area contributed by atoms with Gasteiger partial charge in [-0.05, 0) is 82.2 Å². The summed E-state index contributed by atoms with van der Waals surface area (Å²) in [6.45, 7) is 0. The Morgan fingerprint density at radius 2 is 1.28 bits per heavy atom. The predicted molar refractivity (Wildman–Crippen MR) is 182 cm³/mol. The zero-order valence-electron chi connectivity index (χ0n) is 22.9. The smallest absolute Gasteiger partial charge is 0.137 e. The van der Waals surface area contributed by atoms with Crippen molar-refractivity contribution in [3.63, 3.8) is 0 Å². The molecule has 0 saturated carbocycles. The molecule has 4 heteroatoms. The van der Waals surface area contributed by atoms with Crippen molar-refractivity contribution >= 4 is 86.8 Å². The van der Waals surface area contributed by atoms with Crippen LogP contribution in [0.5, 0.6) is 0 Å². The van der Waals surface area contributed by atoms with Crippen LogP contribution in [-0.4, -0.2) is 9.55 Å². The van der Waals surface area contributed by atoms with Gasteiger partial charge in [0.15, 0.2) is 0 Å². The van der Waals surface area contributed by atoms with Gasteiger partial charge in [0.25, 0.3) is 0 Å². The molecular formula is C39H22N2OS. The van der Waals surface area contributed by atoms with Gasteiger partial charge in [0, 0.05) is 27.4 Å². The molecule has 0 aliphatic carbocycles. The summed E-state index contributed by atoms with van der Waals surface area (Å²) in [7, 11) is 0. The van der Waals surface area contributed by atoms with Gasteiger partial charge < -0.3 is 8.98 Å². The third kappa shape index (κ3) is 3.27. The number of benzene rings is 7. The maximum Gasteiger partial charge on any atom is 0.137 e. The van der Waals surface area contributed by atoms with Crippen molar-refractivity contribution in [2.24, 2.45) is 0 Å². The summed E-state index contributed by atoms with van der Waals surface area (Å²) in [5.41, 5.74) is 7.47. The topological polar surface area (TPSA) is 31.0 Å². The lowest BCUT2D eigenvalue weighted by atomic mass is 10.0. The quantitative estimate of drug-likeness (QED) is 0.208. The molecule has 7 aromatic carbocycles. The molecule has 0 bridgehead atoms. The molecule has 3 nitrogen and oxygen atoms in total. The summed E-state index contributed by atoms with van der Waals surface area (Å²) < 4.78 is 9.69. The number of thiazole rings is 1. The minimum absolute atomic E-state index is 0.882. The molecule has 0 fully saturated rings. The van der Waals surface area contributed by atoms with Crippen molar-refractivity contribution in [2.75, 3.05) is 0 Å². The van der Waals surface area contributed by atoms with E-state index in [1.54, 1.807) is 11.3 Å². The third-order valence-corrected chi connectivity index (χ3v) is 9.86. The fraction of sp³-hybridized carbons (Fsp3) is 0. The Hall–Kier alpha value is -5.45. The number of rotatable bonds is 2. The van der Waals surface area contributed by atoms with Crippen LogP contribution in [0.3, 0.4) is 0 Å². The highest BCUT2D eigenvalue weighted by Gasteiger charge is 2.18. The second kappa shape index (κ2) is 8.54. The number of fused-ring (bicyclic) bond motifs is 11. The van der Waals surface area contributed by atoms with Gasteiger partial charge in [0.2, 0.25) is 0 Å². The summed E-state index contributed by atoms with van der Waals surface area (Å²) in [5, 5.41) is 10.8. The van der Waals surface area contributed by atoms with E-state index in [1.807, 2.05) is 12.1 Å². The third-order valence-electron chi connectivity index (χ3n) is 8.79. The molecule has 3 aromatic heterocycles. The van der Waals surface area contributed by atoms with Gasteiger partial charge in [-0.25, -0.2) is 4.98 Å². The van der Waals surface area contributed by atoms with Gasteiger partial charge >= 0.3 is 0 Å². The average Bonchev–Trinajstić information content (AvgIpc) is 3.75. The molecule has 0 radical (unpaired) electrons. The van der Waals surface area contributed by atoms with E-state index in [-0.39, 0.29) is 0 Å². The Bertz CT molecular complexity index is 2730. The van der Waals surface area contributed by atoms with E-state index >= 15 is 0 Å². The van der Waals surface area contributed by atoms with Crippen molar-refractivity contribution in [1.29, 1.82) is 0 Å². The minimum atomic E-state index is 0.882. The molecule has 0 atom stereocenters. The Kier molecular flexibility index (Phi) is 4.60. The molecule has 0 saturated heterocycles. The lowest BCUT2D eigenvalue weighted by molar-refractivity contribution is 0.669. The molecular weight excluding hydrogens is 545 g/mol. The Labute approximate surface area is 249 Å². The van der Waals surface area contributed by atoms with Crippen molar-refractivity contribution in [3.05, 3.63) is 133 Å². The average molecular weight is 567 g/mol. The lowest BCUT2D eigenvalue weighted by Crippen LogP contribution is -1.94. The van der Waals surface area contributed by atoms with Gasteiger partial charge in [-0.3, -0.25) is 0 Å². The zero-order valence-corrected chi connectivity index (χ0v) is 23.7. The summed E-state index contributed by atoms with van der Waals surface area (Å²) >= 11 is 1.73. The summed E-state index contributed by atoms with van der Waals surface area (Å²) in [5.74, 6) is 0. The molecule has 10 aromatic rings. The van der Waals surface area contributed by atoms with E-state index in [0.29, 0.717) is 0 Å². The van der Waals surface area contributed by atoms with Crippen LogP contribution >= 0.6 is 11.3 Å². The summed E-state index contributed by atoms with van der Waals surface area (Å²) in [6.07, 6.45) is 0. The van der Waals surface area contributed by atoms with Crippen LogP contribution in [0.1, 0.15) is 0 Å². The van der Waals surface area contributed by atoms with Crippen LogP contribution in [-0.2, 0) is 0 Å². The molecule has 0 amide bonds. The Morgan fingerprint density at radius 3 is 2.14 bits per heavy atom. The first-order chi connectivity index (χ1) is 21.3. The second-order valence-corrected chi connectivity index (χ2v) is 12.2. The fourth-order valence-electron chi connectivity index (χ4n) is 6.83. The first kappa shape index (κ1) is 23.1. The van der Waals surface area contributed by atoms with Gasteiger partial charge in [-0.2, -0.15) is 0 Å². The normalized spacial score (nSPS) is 12.2. The van der Waals surface area contributed by atoms with Crippen LogP contribution < -0.4 is 0 Å². The van der Waals surface area contributed by atoms with E-state index in [1.165, 1.54) is 48.1 Å². The highest BCUT2D eigenvalue weighted by molar-refractivity contribution is 7.21. The van der Waals surface area contributed by atoms with Crippen LogP contribution in [0, 0.1) is 0 Å². The number of aromatic nitrogens is 2. The molecule has 10 rings (SSSR count). The Morgan fingerprint density at radius 1 is 0.535 bits per heavy atom. The van der Waals surface area contributed by atoms with E-state index in [4.69, 9.17) is 9.40 Å². The van der Waals surface area contributed by atoms with E-state index in [9.17, 15) is 0 Å². The van der Waals surface area contributed by atoms with Gasteiger partial charge in [-0.15, -0.1) is 11.3 Å². The zero-order chi connectivity index (χ0) is 28.1. The minimum Gasteiger partial charge on any atom is -0.456 e. The van der Waals surface area contributed by atoms with Crippen molar-refractivity contribution in [1.82, 2.24) is 9.55 Å². The number of hydrogen-bond acceptors (Lipinski definition) is 3. The summed E-state index contributed by atoms with van der Waals surface area (Å²) in [4.78, 5) is 5.15. The number of furan rings is 1. The molecule has 0 N–H and O–H groups in total. The first-order valence-corrected chi connectivity index (χ1v) is 15.3. The van der Waals surface area contributed by atoms with Gasteiger partial charge in [0.1, 0.15) is 16.2 Å². The standard InChI is InChI=1S/C39H22N2OS/c1-2-9-26-22-32-30(21-25(26)8-1)36-28-10-4-3-7-23(28)15-18-31(36)41(32)27-16-13-24(14-17-27)39-40-38-35(43-39)20-19-34-37(38)29-11-5-6-12-33(29)42-34/h1-22H. The van der Waals surface area contributed by atoms with Crippen LogP contribution in [0.15, 0.2) is 138 Å². The number of nitrogens with zero attached hydrogens (tertiary/aromatic N) is 2. The van der Waals surface area contributed by atoms with Crippen molar-refractivity contribution in [3.8, 4) is 16.3 Å². The highest BCUT2D eigenvalue weighted by atomic mass is 32.1. The molecule has 0 unspecified atom stereocenters. The molecule has 3 heterocycles. The van der Waals surface area contributed by atoms with Gasteiger partial charge in [-0.1, -0.05) is 72.8 Å². The fourth-order valence-corrected chi connectivity index (χ4v) is 7.81. The van der Waals surface area contributed by atoms with Gasteiger partial charge in [0.05, 0.1) is 26.6 Å². The first-order valence-electron chi connectivity index (χ1n) is 14.5. The summed E-state index contributed by atoms with van der Waals surface area (Å²) in [6, 6.07) is 47.8. The maximum absolute atomic E-state index is 6.12. The van der Waals surface area contributed by atoms with E-state index in [0.717, 1.165) is 43.7 Å². The maximum atomic E-state index is 6.12. The monoisotopic (exact) mass is 566 g/mol. The molecule has 0 spiro atoms. The van der Waals surface area contributed by atoms with Crippen LogP contribution in [0.4, 0.5) is 0 Å². The van der Waals surface area contributed by atoms with E-state index < -0.39 is 0 Å².